The number of rotatable bonds is 6. The van der Waals surface area contributed by atoms with Gasteiger partial charge in [0.2, 0.25) is 11.8 Å². The van der Waals surface area contributed by atoms with E-state index in [1.807, 2.05) is 45.1 Å². The number of carbonyl (C=O) groups is 3. The van der Waals surface area contributed by atoms with Gasteiger partial charge in [0.15, 0.2) is 0 Å². The van der Waals surface area contributed by atoms with Gasteiger partial charge in [0.25, 0.3) is 5.91 Å². The Morgan fingerprint density at radius 2 is 1.71 bits per heavy atom. The number of likely N-dealkylation sites (tertiary alicyclic amines) is 1. The summed E-state index contributed by atoms with van der Waals surface area (Å²) in [5.74, 6) is -1.94. The van der Waals surface area contributed by atoms with E-state index >= 15 is 0 Å². The number of aliphatic hydroxyl groups excluding tert-OH is 1. The minimum atomic E-state index is -1.35. The molecule has 204 valence electrons. The molecule has 9 heteroatoms. The lowest BCUT2D eigenvalue weighted by Crippen LogP contribution is -2.60. The Morgan fingerprint density at radius 3 is 2.32 bits per heavy atom. The summed E-state index contributed by atoms with van der Waals surface area (Å²) in [6.45, 7) is 6.17. The van der Waals surface area contributed by atoms with Crippen LogP contribution in [0, 0.1) is 17.8 Å². The van der Waals surface area contributed by atoms with Crippen molar-refractivity contribution in [3.05, 3.63) is 48.6 Å². The van der Waals surface area contributed by atoms with E-state index in [1.165, 1.54) is 4.90 Å². The molecule has 0 saturated carbocycles. The molecule has 1 aromatic rings. The fourth-order valence-corrected chi connectivity index (χ4v) is 6.79. The molecule has 5 rings (SSSR count). The summed E-state index contributed by atoms with van der Waals surface area (Å²) in [7, 11) is 3.31. The Balaban J connectivity index is 1.69. The highest BCUT2D eigenvalue weighted by Gasteiger charge is 2.76. The average Bonchev–Trinajstić information content (AvgIpc) is 3.20. The molecule has 1 N–H and O–H groups in total. The molecule has 3 amide bonds. The Labute approximate surface area is 223 Å². The fourth-order valence-electron chi connectivity index (χ4n) is 6.79. The van der Waals surface area contributed by atoms with Crippen LogP contribution in [0.3, 0.4) is 0 Å². The van der Waals surface area contributed by atoms with Gasteiger partial charge in [-0.25, -0.2) is 0 Å². The maximum absolute atomic E-state index is 14.5. The maximum Gasteiger partial charge on any atom is 0.253 e. The molecule has 4 heterocycles. The maximum atomic E-state index is 14.5. The van der Waals surface area contributed by atoms with Crippen molar-refractivity contribution in [2.24, 2.45) is 17.8 Å². The van der Waals surface area contributed by atoms with Crippen molar-refractivity contribution in [2.75, 3.05) is 38.8 Å². The Hall–Kier alpha value is -3.17. The molecule has 4 aliphatic rings. The van der Waals surface area contributed by atoms with Crippen LogP contribution in [0.4, 0.5) is 5.69 Å². The molecule has 2 saturated heterocycles. The zero-order valence-corrected chi connectivity index (χ0v) is 22.7. The number of fused-ring (bicyclic) bond motifs is 2. The van der Waals surface area contributed by atoms with Crippen molar-refractivity contribution >= 4 is 23.4 Å². The third-order valence-electron chi connectivity index (χ3n) is 8.78. The first-order valence-corrected chi connectivity index (χ1v) is 13.3. The first-order valence-electron chi connectivity index (χ1n) is 13.3. The fraction of sp³-hybridized carbons (Fsp3) is 0.552. The van der Waals surface area contributed by atoms with Crippen molar-refractivity contribution in [3.63, 3.8) is 0 Å². The zero-order chi connectivity index (χ0) is 27.4. The molecule has 0 aromatic heterocycles. The van der Waals surface area contributed by atoms with Crippen LogP contribution >= 0.6 is 0 Å². The number of carbonyl (C=O) groups excluding carboxylic acids is 3. The van der Waals surface area contributed by atoms with Gasteiger partial charge in [0, 0.05) is 25.8 Å². The summed E-state index contributed by atoms with van der Waals surface area (Å²) < 4.78 is 12.2. The lowest BCUT2D eigenvalue weighted by Gasteiger charge is -2.41. The molecule has 1 unspecified atom stereocenters. The number of likely N-dealkylation sites (N-methyl/N-ethyl adjacent to an activating group) is 1. The van der Waals surface area contributed by atoms with E-state index in [0.29, 0.717) is 24.4 Å². The zero-order valence-electron chi connectivity index (χ0n) is 22.7. The Kier molecular flexibility index (Phi) is 6.64. The lowest BCUT2D eigenvalue weighted by molar-refractivity contribution is -0.153. The molecule has 1 aromatic carbocycles. The SMILES string of the molecule is CC[C@@]12C=CCN(C)C(=O)[C@@H]1[C@H]1C(=O)N([C@@H](CO)C(C)C)C3C(=O)N(c4ccc(OC)cc4)CC=C[C@@]31O2. The van der Waals surface area contributed by atoms with Crippen LogP contribution < -0.4 is 9.64 Å². The van der Waals surface area contributed by atoms with E-state index in [2.05, 4.69) is 0 Å². The van der Waals surface area contributed by atoms with Crippen LogP contribution in [-0.4, -0.2) is 89.8 Å². The number of nitrogens with zero attached hydrogens (tertiary/aromatic N) is 3. The number of anilines is 1. The number of amides is 3. The Morgan fingerprint density at radius 1 is 1.03 bits per heavy atom. The van der Waals surface area contributed by atoms with E-state index in [4.69, 9.17) is 9.47 Å². The number of hydrogen-bond donors (Lipinski definition) is 1. The van der Waals surface area contributed by atoms with Gasteiger partial charge in [-0.05, 0) is 36.6 Å². The van der Waals surface area contributed by atoms with Gasteiger partial charge in [0.05, 0.1) is 37.2 Å². The second-order valence-electron chi connectivity index (χ2n) is 11.0. The molecule has 4 aliphatic heterocycles. The van der Waals surface area contributed by atoms with Crippen LogP contribution in [0.5, 0.6) is 5.75 Å². The van der Waals surface area contributed by atoms with Crippen LogP contribution in [-0.2, 0) is 19.1 Å². The van der Waals surface area contributed by atoms with E-state index < -0.39 is 35.1 Å². The minimum Gasteiger partial charge on any atom is -0.497 e. The lowest BCUT2D eigenvalue weighted by atomic mass is 9.73. The molecule has 0 radical (unpaired) electrons. The first-order chi connectivity index (χ1) is 18.2. The molecule has 1 spiro atoms. The molecule has 0 bridgehead atoms. The molecule has 2 fully saturated rings. The van der Waals surface area contributed by atoms with Crippen LogP contribution in [0.15, 0.2) is 48.6 Å². The highest BCUT2D eigenvalue weighted by atomic mass is 16.5. The third-order valence-corrected chi connectivity index (χ3v) is 8.78. The molecule has 9 nitrogen and oxygen atoms in total. The van der Waals surface area contributed by atoms with Gasteiger partial charge < -0.3 is 29.3 Å². The predicted molar refractivity (Wildman–Crippen MR) is 141 cm³/mol. The number of ether oxygens (including phenoxy) is 2. The van der Waals surface area contributed by atoms with Gasteiger partial charge >= 0.3 is 0 Å². The van der Waals surface area contributed by atoms with Crippen molar-refractivity contribution in [1.29, 1.82) is 0 Å². The summed E-state index contributed by atoms with van der Waals surface area (Å²) in [5.41, 5.74) is -1.71. The Bertz CT molecular complexity index is 1180. The second kappa shape index (κ2) is 9.54. The van der Waals surface area contributed by atoms with E-state index in [9.17, 15) is 19.5 Å². The summed E-state index contributed by atoms with van der Waals surface area (Å²) in [6.07, 6.45) is 8.00. The highest BCUT2D eigenvalue weighted by Crippen LogP contribution is 2.59. The average molecular weight is 524 g/mol. The van der Waals surface area contributed by atoms with Gasteiger partial charge in [-0.3, -0.25) is 14.4 Å². The molecular formula is C29H37N3O6. The van der Waals surface area contributed by atoms with Crippen LogP contribution in [0.1, 0.15) is 27.2 Å². The minimum absolute atomic E-state index is 0.127. The second-order valence-corrected chi connectivity index (χ2v) is 11.0. The van der Waals surface area contributed by atoms with E-state index in [1.54, 1.807) is 48.2 Å². The third kappa shape index (κ3) is 3.62. The smallest absolute Gasteiger partial charge is 0.253 e. The van der Waals surface area contributed by atoms with Crippen molar-refractivity contribution < 1.29 is 29.0 Å². The predicted octanol–water partition coefficient (Wildman–Crippen LogP) is 2.00. The first kappa shape index (κ1) is 26.4. The standard InChI is InChI=1S/C29H37N3O6/c1-6-28-13-7-15-30(4)25(34)22(28)23-26(35)32(21(17-33)18(2)3)24-27(36)31(16-8-14-29(23,24)38-28)19-9-11-20(37-5)12-10-19/h7-14,18,21-24,33H,6,15-17H2,1-5H3/t21-,22-,23-,24?,28+,29-/m0/s1. The van der Waals surface area contributed by atoms with Gasteiger partial charge in [0.1, 0.15) is 17.4 Å². The largest absolute Gasteiger partial charge is 0.497 e. The number of aliphatic hydroxyl groups is 1. The van der Waals surface area contributed by atoms with Crippen molar-refractivity contribution in [3.8, 4) is 5.75 Å². The molecule has 0 aliphatic carbocycles. The highest BCUT2D eigenvalue weighted by molar-refractivity contribution is 6.06. The van der Waals surface area contributed by atoms with Crippen LogP contribution in [0.25, 0.3) is 0 Å². The van der Waals surface area contributed by atoms with Crippen molar-refractivity contribution in [1.82, 2.24) is 9.80 Å². The summed E-state index contributed by atoms with van der Waals surface area (Å²) in [5, 5.41) is 10.4. The van der Waals surface area contributed by atoms with Crippen molar-refractivity contribution in [2.45, 2.75) is 50.5 Å². The van der Waals surface area contributed by atoms with Gasteiger partial charge in [-0.1, -0.05) is 45.1 Å². The summed E-state index contributed by atoms with van der Waals surface area (Å²) in [4.78, 5) is 47.5. The van der Waals surface area contributed by atoms with Gasteiger partial charge in [-0.2, -0.15) is 0 Å². The number of benzene rings is 1. The van der Waals surface area contributed by atoms with E-state index in [-0.39, 0.29) is 36.8 Å². The normalized spacial score (nSPS) is 33.3. The monoisotopic (exact) mass is 523 g/mol. The summed E-state index contributed by atoms with van der Waals surface area (Å²) in [6, 6.07) is 5.53. The number of methoxy groups -OCH3 is 1. The number of hydrogen-bond acceptors (Lipinski definition) is 6. The van der Waals surface area contributed by atoms with Gasteiger partial charge in [-0.15, -0.1) is 0 Å². The summed E-state index contributed by atoms with van der Waals surface area (Å²) >= 11 is 0. The molecule has 6 atom stereocenters. The van der Waals surface area contributed by atoms with E-state index in [0.717, 1.165) is 0 Å². The molecule has 38 heavy (non-hydrogen) atoms. The van der Waals surface area contributed by atoms with Crippen LogP contribution in [0.2, 0.25) is 0 Å². The quantitative estimate of drug-likeness (QED) is 0.573. The topological polar surface area (TPSA) is 99.6 Å². The molecular weight excluding hydrogens is 486 g/mol.